The van der Waals surface area contributed by atoms with Crippen LogP contribution in [0, 0.1) is 6.92 Å². The van der Waals surface area contributed by atoms with Gasteiger partial charge in [-0.3, -0.25) is 9.48 Å². The summed E-state index contributed by atoms with van der Waals surface area (Å²) in [6.07, 6.45) is 2.55. The Labute approximate surface area is 136 Å². The first kappa shape index (κ1) is 15.6. The average Bonchev–Trinajstić information content (AvgIpc) is 3.30. The van der Waals surface area contributed by atoms with Crippen LogP contribution in [0.1, 0.15) is 29.8 Å². The minimum atomic E-state index is -0.366. The van der Waals surface area contributed by atoms with Gasteiger partial charge in [-0.2, -0.15) is 5.10 Å². The van der Waals surface area contributed by atoms with Gasteiger partial charge in [0.05, 0.1) is 18.2 Å². The number of methoxy groups -OCH3 is 1. The van der Waals surface area contributed by atoms with Crippen LogP contribution in [0.25, 0.3) is 0 Å². The Bertz CT molecular complexity index is 697. The molecule has 1 fully saturated rings. The normalized spacial score (nSPS) is 15.3. The minimum absolute atomic E-state index is 0.110. The monoisotopic (exact) mass is 313 g/mol. The zero-order valence-electron chi connectivity index (χ0n) is 13.9. The second kappa shape index (κ2) is 6.07. The summed E-state index contributed by atoms with van der Waals surface area (Å²) in [6.45, 7) is 2.64. The molecule has 23 heavy (non-hydrogen) atoms. The van der Waals surface area contributed by atoms with Crippen molar-refractivity contribution in [3.8, 4) is 5.75 Å². The van der Waals surface area contributed by atoms with Gasteiger partial charge < -0.3 is 10.1 Å². The molecule has 0 unspecified atom stereocenters. The molecule has 1 aliphatic carbocycles. The van der Waals surface area contributed by atoms with Crippen molar-refractivity contribution < 1.29 is 9.53 Å². The molecule has 1 heterocycles. The molecule has 1 amide bonds. The van der Waals surface area contributed by atoms with Crippen molar-refractivity contribution in [1.29, 1.82) is 0 Å². The van der Waals surface area contributed by atoms with Crippen molar-refractivity contribution in [3.63, 3.8) is 0 Å². The van der Waals surface area contributed by atoms with Gasteiger partial charge in [0.2, 0.25) is 5.91 Å². The minimum Gasteiger partial charge on any atom is -0.497 e. The van der Waals surface area contributed by atoms with Crippen molar-refractivity contribution in [2.24, 2.45) is 7.05 Å². The summed E-state index contributed by atoms with van der Waals surface area (Å²) in [7, 11) is 3.58. The number of carbonyl (C=O) groups is 1. The molecule has 0 saturated heterocycles. The van der Waals surface area contributed by atoms with Crippen LogP contribution in [0.5, 0.6) is 5.75 Å². The summed E-state index contributed by atoms with van der Waals surface area (Å²) >= 11 is 0. The third-order valence-corrected chi connectivity index (χ3v) is 4.64. The third kappa shape index (κ3) is 3.09. The fourth-order valence-corrected chi connectivity index (χ4v) is 2.92. The quantitative estimate of drug-likeness (QED) is 0.889. The van der Waals surface area contributed by atoms with E-state index >= 15 is 0 Å². The Balaban J connectivity index is 1.61. The summed E-state index contributed by atoms with van der Waals surface area (Å²) in [5.41, 5.74) is 2.81. The van der Waals surface area contributed by atoms with Crippen LogP contribution in [-0.4, -0.2) is 29.3 Å². The molecule has 1 aromatic carbocycles. The number of rotatable bonds is 6. The Morgan fingerprint density at radius 3 is 2.78 bits per heavy atom. The van der Waals surface area contributed by atoms with Gasteiger partial charge in [-0.1, -0.05) is 12.1 Å². The molecule has 5 nitrogen and oxygen atoms in total. The Kier molecular flexibility index (Phi) is 4.11. The maximum atomic E-state index is 12.6. The number of hydrogen-bond donors (Lipinski definition) is 1. The van der Waals surface area contributed by atoms with Crippen molar-refractivity contribution in [2.45, 2.75) is 31.6 Å². The number of nitrogens with zero attached hydrogens (tertiary/aromatic N) is 2. The number of aromatic nitrogens is 2. The highest BCUT2D eigenvalue weighted by atomic mass is 16.5. The Morgan fingerprint density at radius 2 is 2.17 bits per heavy atom. The van der Waals surface area contributed by atoms with Crippen molar-refractivity contribution in [1.82, 2.24) is 15.1 Å². The van der Waals surface area contributed by atoms with Gasteiger partial charge in [0.25, 0.3) is 0 Å². The van der Waals surface area contributed by atoms with Crippen LogP contribution in [-0.2, 0) is 23.7 Å². The second-order valence-corrected chi connectivity index (χ2v) is 6.22. The molecule has 0 bridgehead atoms. The van der Waals surface area contributed by atoms with E-state index in [1.165, 1.54) is 0 Å². The Hall–Kier alpha value is -2.30. The summed E-state index contributed by atoms with van der Waals surface area (Å²) < 4.78 is 7.12. The lowest BCUT2D eigenvalue weighted by atomic mass is 9.94. The van der Waals surface area contributed by atoms with Crippen LogP contribution in [0.3, 0.4) is 0 Å². The topological polar surface area (TPSA) is 56.1 Å². The highest BCUT2D eigenvalue weighted by Crippen LogP contribution is 2.49. The molecular weight excluding hydrogens is 290 g/mol. The van der Waals surface area contributed by atoms with Crippen LogP contribution in [0.4, 0.5) is 0 Å². The SMILES string of the molecule is COc1cccc(C2(C(=O)NCCc3cc(C)n(C)n3)CC2)c1. The molecule has 1 aliphatic rings. The smallest absolute Gasteiger partial charge is 0.230 e. The van der Waals surface area contributed by atoms with Crippen molar-refractivity contribution in [2.75, 3.05) is 13.7 Å². The summed E-state index contributed by atoms with van der Waals surface area (Å²) in [6, 6.07) is 9.88. The van der Waals surface area contributed by atoms with E-state index in [0.29, 0.717) is 6.54 Å². The van der Waals surface area contributed by atoms with Crippen LogP contribution >= 0.6 is 0 Å². The fraction of sp³-hybridized carbons (Fsp3) is 0.444. The van der Waals surface area contributed by atoms with E-state index in [9.17, 15) is 4.79 Å². The highest BCUT2D eigenvalue weighted by Gasteiger charge is 2.51. The number of aryl methyl sites for hydroxylation is 2. The molecule has 0 spiro atoms. The van der Waals surface area contributed by atoms with Crippen LogP contribution in [0.2, 0.25) is 0 Å². The Morgan fingerprint density at radius 1 is 1.39 bits per heavy atom. The fourth-order valence-electron chi connectivity index (χ4n) is 2.92. The molecule has 1 N–H and O–H groups in total. The molecule has 0 aliphatic heterocycles. The maximum absolute atomic E-state index is 12.6. The number of carbonyl (C=O) groups excluding carboxylic acids is 1. The van der Waals surface area contributed by atoms with Gasteiger partial charge in [0.1, 0.15) is 5.75 Å². The predicted octanol–water partition coefficient (Wildman–Crippen LogP) is 2.13. The van der Waals surface area contributed by atoms with Crippen LogP contribution in [0.15, 0.2) is 30.3 Å². The van der Waals surface area contributed by atoms with E-state index in [1.54, 1.807) is 7.11 Å². The zero-order chi connectivity index (χ0) is 16.4. The van der Waals surface area contributed by atoms with Gasteiger partial charge in [-0.05, 0) is 43.5 Å². The van der Waals surface area contributed by atoms with E-state index in [0.717, 1.165) is 42.0 Å². The van der Waals surface area contributed by atoms with E-state index in [2.05, 4.69) is 16.5 Å². The first-order valence-corrected chi connectivity index (χ1v) is 7.97. The highest BCUT2D eigenvalue weighted by molar-refractivity contribution is 5.91. The summed E-state index contributed by atoms with van der Waals surface area (Å²) in [5, 5.41) is 7.48. The van der Waals surface area contributed by atoms with Gasteiger partial charge in [0.15, 0.2) is 0 Å². The zero-order valence-corrected chi connectivity index (χ0v) is 13.9. The molecule has 5 heteroatoms. The number of nitrogens with one attached hydrogen (secondary N) is 1. The van der Waals surface area contributed by atoms with Crippen molar-refractivity contribution >= 4 is 5.91 Å². The van der Waals surface area contributed by atoms with Gasteiger partial charge in [0, 0.05) is 25.7 Å². The average molecular weight is 313 g/mol. The first-order valence-electron chi connectivity index (χ1n) is 7.97. The number of hydrogen-bond acceptors (Lipinski definition) is 3. The van der Waals surface area contributed by atoms with Crippen LogP contribution < -0.4 is 10.1 Å². The number of ether oxygens (including phenoxy) is 1. The lowest BCUT2D eigenvalue weighted by molar-refractivity contribution is -0.123. The molecule has 3 rings (SSSR count). The van der Waals surface area contributed by atoms with Gasteiger partial charge in [-0.15, -0.1) is 0 Å². The third-order valence-electron chi connectivity index (χ3n) is 4.64. The molecule has 1 saturated carbocycles. The maximum Gasteiger partial charge on any atom is 0.230 e. The molecule has 2 aromatic rings. The molecular formula is C18H23N3O2. The van der Waals surface area contributed by atoms with Crippen molar-refractivity contribution in [3.05, 3.63) is 47.3 Å². The second-order valence-electron chi connectivity index (χ2n) is 6.22. The molecule has 1 aromatic heterocycles. The number of benzene rings is 1. The molecule has 122 valence electrons. The lowest BCUT2D eigenvalue weighted by Crippen LogP contribution is -2.36. The standard InChI is InChI=1S/C18H23N3O2/c1-13-11-15(20-21(13)2)7-10-19-17(22)18(8-9-18)14-5-4-6-16(12-14)23-3/h4-6,11-12H,7-10H2,1-3H3,(H,19,22). The largest absolute Gasteiger partial charge is 0.497 e. The van der Waals surface area contributed by atoms with E-state index in [-0.39, 0.29) is 11.3 Å². The summed E-state index contributed by atoms with van der Waals surface area (Å²) in [5.74, 6) is 0.906. The number of amides is 1. The van der Waals surface area contributed by atoms with E-state index in [1.807, 2.05) is 42.9 Å². The molecule has 0 radical (unpaired) electrons. The molecule has 0 atom stereocenters. The van der Waals surface area contributed by atoms with E-state index < -0.39 is 0 Å². The van der Waals surface area contributed by atoms with E-state index in [4.69, 9.17) is 4.74 Å². The lowest BCUT2D eigenvalue weighted by Gasteiger charge is -2.16. The summed E-state index contributed by atoms with van der Waals surface area (Å²) in [4.78, 5) is 12.6. The van der Waals surface area contributed by atoms with Gasteiger partial charge >= 0.3 is 0 Å². The van der Waals surface area contributed by atoms with Gasteiger partial charge in [-0.25, -0.2) is 0 Å². The predicted molar refractivity (Wildman–Crippen MR) is 88.6 cm³/mol. The first-order chi connectivity index (χ1) is 11.0.